The van der Waals surface area contributed by atoms with Gasteiger partial charge >= 0.3 is 0 Å². The summed E-state index contributed by atoms with van der Waals surface area (Å²) in [4.78, 5) is 24.6. The van der Waals surface area contributed by atoms with Crippen molar-refractivity contribution in [2.75, 3.05) is 7.05 Å². The number of benzene rings is 2. The standard InChI is InChI=1S/C18H17N3O4/c1-12(13-6-5-7-14(10-13)21(23)24)20(2)18(22)11-16-15-8-3-4-9-17(15)25-19-16/h3-10,12H,11H2,1-2H3. The van der Waals surface area contributed by atoms with Crippen molar-refractivity contribution in [2.45, 2.75) is 19.4 Å². The summed E-state index contributed by atoms with van der Waals surface area (Å²) in [5.41, 5.74) is 1.93. The fourth-order valence-electron chi connectivity index (χ4n) is 2.67. The van der Waals surface area contributed by atoms with Crippen LogP contribution in [0.2, 0.25) is 0 Å². The fourth-order valence-corrected chi connectivity index (χ4v) is 2.67. The van der Waals surface area contributed by atoms with Crippen molar-refractivity contribution in [1.29, 1.82) is 0 Å². The van der Waals surface area contributed by atoms with Gasteiger partial charge in [0, 0.05) is 24.6 Å². The number of carbonyl (C=O) groups is 1. The molecule has 0 aliphatic rings. The zero-order valence-corrected chi connectivity index (χ0v) is 13.9. The van der Waals surface area contributed by atoms with Gasteiger partial charge in [-0.2, -0.15) is 0 Å². The summed E-state index contributed by atoms with van der Waals surface area (Å²) < 4.78 is 5.22. The Bertz CT molecular complexity index is 935. The normalized spacial score (nSPS) is 12.1. The van der Waals surface area contributed by atoms with Crippen LogP contribution < -0.4 is 0 Å². The summed E-state index contributed by atoms with van der Waals surface area (Å²) in [5, 5.41) is 15.7. The molecule has 1 atom stereocenters. The minimum atomic E-state index is -0.445. The molecule has 7 heteroatoms. The molecule has 0 saturated carbocycles. The lowest BCUT2D eigenvalue weighted by atomic mass is 10.1. The number of amides is 1. The number of nitro benzene ring substituents is 1. The van der Waals surface area contributed by atoms with Gasteiger partial charge in [-0.15, -0.1) is 0 Å². The maximum absolute atomic E-state index is 12.6. The minimum absolute atomic E-state index is 0.00712. The number of aromatic nitrogens is 1. The van der Waals surface area contributed by atoms with Crippen LogP contribution in [0.25, 0.3) is 11.0 Å². The Balaban J connectivity index is 1.77. The maximum atomic E-state index is 12.6. The molecule has 0 aliphatic heterocycles. The first-order valence-electron chi connectivity index (χ1n) is 7.80. The van der Waals surface area contributed by atoms with Gasteiger partial charge in [-0.3, -0.25) is 14.9 Å². The van der Waals surface area contributed by atoms with E-state index in [1.165, 1.54) is 12.1 Å². The number of fused-ring (bicyclic) bond motifs is 1. The summed E-state index contributed by atoms with van der Waals surface area (Å²) in [6.07, 6.45) is 0.104. The first kappa shape index (κ1) is 16.6. The van der Waals surface area contributed by atoms with Crippen molar-refractivity contribution in [2.24, 2.45) is 0 Å². The molecular weight excluding hydrogens is 322 g/mol. The van der Waals surface area contributed by atoms with Crippen LogP contribution in [0.15, 0.2) is 53.1 Å². The molecule has 0 radical (unpaired) electrons. The highest BCUT2D eigenvalue weighted by atomic mass is 16.6. The summed E-state index contributed by atoms with van der Waals surface area (Å²) in [7, 11) is 1.67. The van der Waals surface area contributed by atoms with E-state index in [2.05, 4.69) is 5.16 Å². The van der Waals surface area contributed by atoms with Gasteiger partial charge in [-0.1, -0.05) is 29.4 Å². The average molecular weight is 339 g/mol. The monoisotopic (exact) mass is 339 g/mol. The van der Waals surface area contributed by atoms with E-state index in [1.54, 1.807) is 30.1 Å². The third-order valence-corrected chi connectivity index (χ3v) is 4.31. The first-order valence-corrected chi connectivity index (χ1v) is 7.80. The van der Waals surface area contributed by atoms with Crippen molar-refractivity contribution in [1.82, 2.24) is 10.1 Å². The quantitative estimate of drug-likeness (QED) is 0.524. The first-order chi connectivity index (χ1) is 12.0. The molecule has 128 valence electrons. The summed E-state index contributed by atoms with van der Waals surface area (Å²) in [5.74, 6) is -0.141. The summed E-state index contributed by atoms with van der Waals surface area (Å²) >= 11 is 0. The van der Waals surface area contributed by atoms with Crippen molar-refractivity contribution < 1.29 is 14.2 Å². The molecule has 0 bridgehead atoms. The molecule has 0 aliphatic carbocycles. The van der Waals surface area contributed by atoms with Crippen LogP contribution in [0.5, 0.6) is 0 Å². The Kier molecular flexibility index (Phi) is 4.47. The molecule has 1 amide bonds. The van der Waals surface area contributed by atoms with E-state index < -0.39 is 4.92 Å². The Labute approximate surface area is 144 Å². The highest BCUT2D eigenvalue weighted by Crippen LogP contribution is 2.24. The molecule has 3 rings (SSSR count). The molecule has 0 N–H and O–H groups in total. The van der Waals surface area contributed by atoms with Gasteiger partial charge in [0.15, 0.2) is 5.58 Å². The van der Waals surface area contributed by atoms with Crippen molar-refractivity contribution >= 4 is 22.6 Å². The zero-order valence-electron chi connectivity index (χ0n) is 13.9. The fraction of sp³-hybridized carbons (Fsp3) is 0.222. The largest absolute Gasteiger partial charge is 0.356 e. The molecule has 3 aromatic rings. The Hall–Kier alpha value is -3.22. The molecular formula is C18H17N3O4. The number of nitro groups is 1. The van der Waals surface area contributed by atoms with E-state index in [-0.39, 0.29) is 24.1 Å². The van der Waals surface area contributed by atoms with Gasteiger partial charge in [-0.25, -0.2) is 0 Å². The Morgan fingerprint density at radius 3 is 2.80 bits per heavy atom. The van der Waals surface area contributed by atoms with E-state index in [9.17, 15) is 14.9 Å². The van der Waals surface area contributed by atoms with E-state index in [1.807, 2.05) is 25.1 Å². The van der Waals surface area contributed by atoms with Crippen LogP contribution in [0.1, 0.15) is 24.2 Å². The SMILES string of the molecule is CC(c1cccc([N+](=O)[O-])c1)N(C)C(=O)Cc1noc2ccccc12. The topological polar surface area (TPSA) is 89.5 Å². The number of hydrogen-bond acceptors (Lipinski definition) is 5. The second-order valence-electron chi connectivity index (χ2n) is 5.83. The number of para-hydroxylation sites is 1. The van der Waals surface area contributed by atoms with Crippen LogP contribution in [0, 0.1) is 10.1 Å². The number of hydrogen-bond donors (Lipinski definition) is 0. The van der Waals surface area contributed by atoms with Gasteiger partial charge in [-0.05, 0) is 24.6 Å². The number of rotatable bonds is 5. The van der Waals surface area contributed by atoms with Gasteiger partial charge in [0.25, 0.3) is 5.69 Å². The predicted octanol–water partition coefficient (Wildman–Crippen LogP) is 3.50. The number of non-ortho nitro benzene ring substituents is 1. The highest BCUT2D eigenvalue weighted by molar-refractivity contribution is 5.86. The molecule has 1 aromatic heterocycles. The molecule has 7 nitrogen and oxygen atoms in total. The van der Waals surface area contributed by atoms with Gasteiger partial charge in [0.1, 0.15) is 5.69 Å². The van der Waals surface area contributed by atoms with Gasteiger partial charge < -0.3 is 9.42 Å². The molecule has 25 heavy (non-hydrogen) atoms. The van der Waals surface area contributed by atoms with Crippen LogP contribution in [0.3, 0.4) is 0 Å². The lowest BCUT2D eigenvalue weighted by Gasteiger charge is -2.25. The van der Waals surface area contributed by atoms with Crippen LogP contribution in [-0.2, 0) is 11.2 Å². The summed E-state index contributed by atoms with van der Waals surface area (Å²) in [6, 6.07) is 13.4. The van der Waals surface area contributed by atoms with Gasteiger partial charge in [0.05, 0.1) is 17.4 Å². The zero-order chi connectivity index (χ0) is 18.0. The highest BCUT2D eigenvalue weighted by Gasteiger charge is 2.21. The van der Waals surface area contributed by atoms with E-state index in [0.29, 0.717) is 16.8 Å². The average Bonchev–Trinajstić information content (AvgIpc) is 3.03. The molecule has 0 spiro atoms. The lowest BCUT2D eigenvalue weighted by molar-refractivity contribution is -0.384. The Morgan fingerprint density at radius 1 is 1.28 bits per heavy atom. The second kappa shape index (κ2) is 6.72. The molecule has 1 heterocycles. The van der Waals surface area contributed by atoms with E-state index in [4.69, 9.17) is 4.52 Å². The smallest absolute Gasteiger partial charge is 0.269 e. The molecule has 1 unspecified atom stereocenters. The van der Waals surface area contributed by atoms with Gasteiger partial charge in [0.2, 0.25) is 5.91 Å². The molecule has 2 aromatic carbocycles. The number of carbonyl (C=O) groups excluding carboxylic acids is 1. The van der Waals surface area contributed by atoms with Crippen molar-refractivity contribution in [3.63, 3.8) is 0 Å². The second-order valence-corrected chi connectivity index (χ2v) is 5.83. The molecule has 0 fully saturated rings. The van der Waals surface area contributed by atoms with Crippen LogP contribution >= 0.6 is 0 Å². The third-order valence-electron chi connectivity index (χ3n) is 4.31. The number of nitrogens with zero attached hydrogens (tertiary/aromatic N) is 3. The lowest BCUT2D eigenvalue weighted by Crippen LogP contribution is -2.31. The summed E-state index contributed by atoms with van der Waals surface area (Å²) in [6.45, 7) is 1.83. The van der Waals surface area contributed by atoms with Crippen LogP contribution in [0.4, 0.5) is 5.69 Å². The predicted molar refractivity (Wildman–Crippen MR) is 92.0 cm³/mol. The van der Waals surface area contributed by atoms with Crippen LogP contribution in [-0.4, -0.2) is 27.9 Å². The third kappa shape index (κ3) is 3.35. The van der Waals surface area contributed by atoms with E-state index >= 15 is 0 Å². The van der Waals surface area contributed by atoms with E-state index in [0.717, 1.165) is 5.39 Å². The minimum Gasteiger partial charge on any atom is -0.356 e. The Morgan fingerprint density at radius 2 is 2.04 bits per heavy atom. The molecule has 0 saturated heterocycles. The van der Waals surface area contributed by atoms with Crippen molar-refractivity contribution in [3.05, 3.63) is 69.9 Å². The maximum Gasteiger partial charge on any atom is 0.269 e. The van der Waals surface area contributed by atoms with Crippen molar-refractivity contribution in [3.8, 4) is 0 Å². The number of likely N-dealkylation sites (N-methyl/N-ethyl adjacent to an activating group) is 1.